The van der Waals surface area contributed by atoms with Crippen LogP contribution in [0.3, 0.4) is 0 Å². The van der Waals surface area contributed by atoms with E-state index in [1.807, 2.05) is 0 Å². The molecule has 0 spiro atoms. The monoisotopic (exact) mass is 224 g/mol. The Morgan fingerprint density at radius 1 is 1.38 bits per heavy atom. The molecular formula is C13H24N2O. The minimum absolute atomic E-state index is 0.335. The third kappa shape index (κ3) is 2.24. The van der Waals surface area contributed by atoms with Gasteiger partial charge in [0.1, 0.15) is 0 Å². The SMILES string of the molecule is CC1CCC(N2CC(CN)CC2=O)C(C)C1. The maximum absolute atomic E-state index is 11.9. The van der Waals surface area contributed by atoms with Crippen LogP contribution in [0.15, 0.2) is 0 Å². The lowest BCUT2D eigenvalue weighted by Gasteiger charge is -2.38. The van der Waals surface area contributed by atoms with Crippen LogP contribution in [-0.4, -0.2) is 29.9 Å². The van der Waals surface area contributed by atoms with Gasteiger partial charge in [0.05, 0.1) is 0 Å². The van der Waals surface area contributed by atoms with Crippen LogP contribution in [0, 0.1) is 17.8 Å². The molecule has 1 aliphatic carbocycles. The van der Waals surface area contributed by atoms with Gasteiger partial charge in [-0.25, -0.2) is 0 Å². The molecule has 0 aromatic heterocycles. The molecule has 1 aliphatic heterocycles. The first-order valence-electron chi connectivity index (χ1n) is 6.61. The first kappa shape index (κ1) is 11.9. The molecule has 1 saturated carbocycles. The number of hydrogen-bond acceptors (Lipinski definition) is 2. The second-order valence-corrected chi connectivity index (χ2v) is 5.81. The Balaban J connectivity index is 1.99. The fraction of sp³-hybridized carbons (Fsp3) is 0.923. The van der Waals surface area contributed by atoms with Gasteiger partial charge in [-0.05, 0) is 43.6 Å². The number of rotatable bonds is 2. The smallest absolute Gasteiger partial charge is 0.223 e. The van der Waals surface area contributed by atoms with Gasteiger partial charge in [0, 0.05) is 19.0 Å². The zero-order chi connectivity index (χ0) is 11.7. The van der Waals surface area contributed by atoms with Crippen molar-refractivity contribution in [2.45, 2.75) is 45.6 Å². The Morgan fingerprint density at radius 2 is 2.12 bits per heavy atom. The lowest BCUT2D eigenvalue weighted by atomic mass is 9.79. The molecule has 0 radical (unpaired) electrons. The van der Waals surface area contributed by atoms with Crippen LogP contribution in [0.25, 0.3) is 0 Å². The van der Waals surface area contributed by atoms with Crippen molar-refractivity contribution in [3.05, 3.63) is 0 Å². The highest BCUT2D eigenvalue weighted by Crippen LogP contribution is 2.34. The lowest BCUT2D eigenvalue weighted by molar-refractivity contribution is -0.131. The number of likely N-dealkylation sites (tertiary alicyclic amines) is 1. The molecule has 1 heterocycles. The van der Waals surface area contributed by atoms with Crippen molar-refractivity contribution < 1.29 is 4.79 Å². The fourth-order valence-electron chi connectivity index (χ4n) is 3.40. The predicted octanol–water partition coefficient (Wildman–Crippen LogP) is 1.62. The third-order valence-electron chi connectivity index (χ3n) is 4.36. The Hall–Kier alpha value is -0.570. The fourth-order valence-corrected chi connectivity index (χ4v) is 3.40. The number of hydrogen-bond donors (Lipinski definition) is 1. The van der Waals surface area contributed by atoms with E-state index in [9.17, 15) is 4.79 Å². The van der Waals surface area contributed by atoms with E-state index in [0.717, 1.165) is 12.5 Å². The molecule has 2 rings (SSSR count). The molecule has 0 aromatic carbocycles. The van der Waals surface area contributed by atoms with Gasteiger partial charge in [-0.3, -0.25) is 4.79 Å². The Bertz CT molecular complexity index is 267. The minimum atomic E-state index is 0.335. The van der Waals surface area contributed by atoms with E-state index in [4.69, 9.17) is 5.73 Å². The highest BCUT2D eigenvalue weighted by molar-refractivity contribution is 5.79. The molecule has 0 aromatic rings. The summed E-state index contributed by atoms with van der Waals surface area (Å²) in [5.41, 5.74) is 5.67. The van der Waals surface area contributed by atoms with Crippen molar-refractivity contribution in [1.29, 1.82) is 0 Å². The maximum atomic E-state index is 11.9. The van der Waals surface area contributed by atoms with Gasteiger partial charge in [-0.1, -0.05) is 13.8 Å². The molecule has 2 N–H and O–H groups in total. The zero-order valence-electron chi connectivity index (χ0n) is 10.5. The van der Waals surface area contributed by atoms with E-state index in [-0.39, 0.29) is 0 Å². The van der Waals surface area contributed by atoms with E-state index in [2.05, 4.69) is 18.7 Å². The van der Waals surface area contributed by atoms with Gasteiger partial charge in [0.15, 0.2) is 0 Å². The Kier molecular flexibility index (Phi) is 3.53. The van der Waals surface area contributed by atoms with Crippen molar-refractivity contribution in [2.75, 3.05) is 13.1 Å². The molecule has 1 saturated heterocycles. The van der Waals surface area contributed by atoms with Crippen molar-refractivity contribution in [3.8, 4) is 0 Å². The lowest BCUT2D eigenvalue weighted by Crippen LogP contribution is -2.43. The molecule has 2 aliphatic rings. The van der Waals surface area contributed by atoms with Gasteiger partial charge in [0.2, 0.25) is 5.91 Å². The zero-order valence-corrected chi connectivity index (χ0v) is 10.5. The van der Waals surface area contributed by atoms with Crippen LogP contribution in [0.1, 0.15) is 39.5 Å². The maximum Gasteiger partial charge on any atom is 0.223 e. The number of amides is 1. The minimum Gasteiger partial charge on any atom is -0.339 e. The van der Waals surface area contributed by atoms with E-state index in [1.165, 1.54) is 19.3 Å². The summed E-state index contributed by atoms with van der Waals surface area (Å²) in [5, 5.41) is 0. The molecule has 3 nitrogen and oxygen atoms in total. The normalized spacial score (nSPS) is 40.4. The molecule has 4 atom stereocenters. The molecule has 92 valence electrons. The molecule has 4 unspecified atom stereocenters. The van der Waals surface area contributed by atoms with E-state index >= 15 is 0 Å². The topological polar surface area (TPSA) is 46.3 Å². The largest absolute Gasteiger partial charge is 0.339 e. The van der Waals surface area contributed by atoms with E-state index in [0.29, 0.717) is 36.8 Å². The van der Waals surface area contributed by atoms with Crippen LogP contribution in [-0.2, 0) is 4.79 Å². The molecule has 3 heteroatoms. The van der Waals surface area contributed by atoms with Crippen molar-refractivity contribution in [3.63, 3.8) is 0 Å². The summed E-state index contributed by atoms with van der Waals surface area (Å²) in [4.78, 5) is 14.1. The van der Waals surface area contributed by atoms with E-state index < -0.39 is 0 Å². The van der Waals surface area contributed by atoms with Crippen LogP contribution in [0.4, 0.5) is 0 Å². The molecule has 2 fully saturated rings. The number of nitrogens with zero attached hydrogens (tertiary/aromatic N) is 1. The van der Waals surface area contributed by atoms with Crippen molar-refractivity contribution >= 4 is 5.91 Å². The van der Waals surface area contributed by atoms with Crippen molar-refractivity contribution in [2.24, 2.45) is 23.5 Å². The van der Waals surface area contributed by atoms with Gasteiger partial charge in [-0.2, -0.15) is 0 Å². The third-order valence-corrected chi connectivity index (χ3v) is 4.36. The molecule has 16 heavy (non-hydrogen) atoms. The number of carbonyl (C=O) groups excluding carboxylic acids is 1. The molecule has 0 bridgehead atoms. The van der Waals surface area contributed by atoms with Crippen LogP contribution < -0.4 is 5.73 Å². The number of carbonyl (C=O) groups is 1. The summed E-state index contributed by atoms with van der Waals surface area (Å²) >= 11 is 0. The Morgan fingerprint density at radius 3 is 2.69 bits per heavy atom. The quantitative estimate of drug-likeness (QED) is 0.774. The summed E-state index contributed by atoms with van der Waals surface area (Å²) in [5.74, 6) is 2.22. The van der Waals surface area contributed by atoms with Gasteiger partial charge in [0.25, 0.3) is 0 Å². The van der Waals surface area contributed by atoms with Gasteiger partial charge < -0.3 is 10.6 Å². The van der Waals surface area contributed by atoms with E-state index in [1.54, 1.807) is 0 Å². The summed E-state index contributed by atoms with van der Waals surface area (Å²) in [6.45, 7) is 6.17. The van der Waals surface area contributed by atoms with Crippen LogP contribution in [0.2, 0.25) is 0 Å². The first-order valence-corrected chi connectivity index (χ1v) is 6.61. The summed E-state index contributed by atoms with van der Waals surface area (Å²) in [7, 11) is 0. The second-order valence-electron chi connectivity index (χ2n) is 5.81. The van der Waals surface area contributed by atoms with Gasteiger partial charge in [-0.15, -0.1) is 0 Å². The Labute approximate surface area is 98.4 Å². The average molecular weight is 224 g/mol. The first-order chi connectivity index (χ1) is 7.61. The summed E-state index contributed by atoms with van der Waals surface area (Å²) in [6.07, 6.45) is 4.40. The highest BCUT2D eigenvalue weighted by Gasteiger charge is 2.37. The molecule has 1 amide bonds. The highest BCUT2D eigenvalue weighted by atomic mass is 16.2. The van der Waals surface area contributed by atoms with Crippen LogP contribution >= 0.6 is 0 Å². The standard InChI is InChI=1S/C13H24N2O/c1-9-3-4-12(10(2)5-9)15-8-11(7-14)6-13(15)16/h9-12H,3-8,14H2,1-2H3. The van der Waals surface area contributed by atoms with Gasteiger partial charge >= 0.3 is 0 Å². The predicted molar refractivity (Wildman–Crippen MR) is 64.8 cm³/mol. The average Bonchev–Trinajstić information content (AvgIpc) is 2.60. The second kappa shape index (κ2) is 4.74. The number of nitrogens with two attached hydrogens (primary N) is 1. The summed E-state index contributed by atoms with van der Waals surface area (Å²) < 4.78 is 0. The summed E-state index contributed by atoms with van der Waals surface area (Å²) in [6, 6.07) is 0.486. The molecular weight excluding hydrogens is 200 g/mol. The van der Waals surface area contributed by atoms with Crippen LogP contribution in [0.5, 0.6) is 0 Å². The van der Waals surface area contributed by atoms with Crippen molar-refractivity contribution in [1.82, 2.24) is 4.90 Å².